The Labute approximate surface area is 147 Å². The number of nitrogens with two attached hydrogens (primary N) is 1. The fourth-order valence-electron chi connectivity index (χ4n) is 3.10. The number of hydrogen-bond acceptors (Lipinski definition) is 6. The molecular formula is C15H20F3N7O. The molecule has 26 heavy (non-hydrogen) atoms. The zero-order chi connectivity index (χ0) is 18.7. The SMILES string of the molecule is Nc1ncnc2c1ncn2CCCN1CCC(NC(=O)C(F)(F)F)CC1. The maximum absolute atomic E-state index is 12.3. The summed E-state index contributed by atoms with van der Waals surface area (Å²) >= 11 is 0. The molecule has 11 heteroatoms. The van der Waals surface area contributed by atoms with E-state index in [0.29, 0.717) is 49.5 Å². The summed E-state index contributed by atoms with van der Waals surface area (Å²) in [6.07, 6.45) is 0.121. The molecule has 1 amide bonds. The van der Waals surface area contributed by atoms with E-state index in [2.05, 4.69) is 25.2 Å². The van der Waals surface area contributed by atoms with E-state index in [1.165, 1.54) is 6.33 Å². The van der Waals surface area contributed by atoms with Crippen LogP contribution >= 0.6 is 0 Å². The Hall–Kier alpha value is -2.43. The van der Waals surface area contributed by atoms with Crippen molar-refractivity contribution in [2.45, 2.75) is 38.0 Å². The van der Waals surface area contributed by atoms with Crippen LogP contribution < -0.4 is 11.1 Å². The van der Waals surface area contributed by atoms with Gasteiger partial charge in [-0.15, -0.1) is 0 Å². The first-order chi connectivity index (χ1) is 12.3. The molecule has 0 aromatic carbocycles. The third kappa shape index (κ3) is 4.21. The largest absolute Gasteiger partial charge is 0.471 e. The maximum Gasteiger partial charge on any atom is 0.471 e. The maximum atomic E-state index is 12.3. The van der Waals surface area contributed by atoms with Crippen molar-refractivity contribution in [3.8, 4) is 0 Å². The third-order valence-electron chi connectivity index (χ3n) is 4.48. The molecule has 8 nitrogen and oxygen atoms in total. The molecule has 0 bridgehead atoms. The van der Waals surface area contributed by atoms with E-state index in [1.807, 2.05) is 4.57 Å². The second kappa shape index (κ2) is 7.44. The number of imidazole rings is 1. The average molecular weight is 371 g/mol. The van der Waals surface area contributed by atoms with Crippen LogP contribution in [0, 0.1) is 0 Å². The molecule has 2 aromatic rings. The van der Waals surface area contributed by atoms with Gasteiger partial charge >= 0.3 is 12.1 Å². The van der Waals surface area contributed by atoms with Crippen molar-refractivity contribution in [3.05, 3.63) is 12.7 Å². The number of nitrogen functional groups attached to an aromatic ring is 1. The standard InChI is InChI=1S/C15H20F3N7O/c16-15(17,18)14(26)23-10-2-6-24(7-3-10)4-1-5-25-9-22-11-12(19)20-8-21-13(11)25/h8-10H,1-7H2,(H,23,26)(H2,19,20,21). The van der Waals surface area contributed by atoms with Crippen molar-refractivity contribution in [2.24, 2.45) is 0 Å². The Balaban J connectivity index is 1.43. The van der Waals surface area contributed by atoms with Crippen LogP contribution in [-0.2, 0) is 11.3 Å². The minimum Gasteiger partial charge on any atom is -0.382 e. The summed E-state index contributed by atoms with van der Waals surface area (Å²) in [7, 11) is 0. The quantitative estimate of drug-likeness (QED) is 0.811. The highest BCUT2D eigenvalue weighted by Crippen LogP contribution is 2.18. The van der Waals surface area contributed by atoms with E-state index in [9.17, 15) is 18.0 Å². The number of halogens is 3. The van der Waals surface area contributed by atoms with Gasteiger partial charge in [0.05, 0.1) is 6.33 Å². The highest BCUT2D eigenvalue weighted by atomic mass is 19.4. The normalized spacial score (nSPS) is 16.9. The molecule has 1 saturated heterocycles. The van der Waals surface area contributed by atoms with Crippen LogP contribution in [0.1, 0.15) is 19.3 Å². The van der Waals surface area contributed by atoms with Crippen molar-refractivity contribution >= 4 is 22.9 Å². The summed E-state index contributed by atoms with van der Waals surface area (Å²) in [6.45, 7) is 2.82. The van der Waals surface area contributed by atoms with Crippen molar-refractivity contribution in [3.63, 3.8) is 0 Å². The fourth-order valence-corrected chi connectivity index (χ4v) is 3.10. The Bertz CT molecular complexity index is 768. The van der Waals surface area contributed by atoms with Gasteiger partial charge in [-0.25, -0.2) is 15.0 Å². The fraction of sp³-hybridized carbons (Fsp3) is 0.600. The number of carbonyl (C=O) groups excluding carboxylic acids is 1. The molecule has 142 valence electrons. The lowest BCUT2D eigenvalue weighted by Gasteiger charge is -2.32. The molecule has 0 aliphatic carbocycles. The number of hydrogen-bond donors (Lipinski definition) is 2. The number of nitrogens with one attached hydrogen (secondary N) is 1. The lowest BCUT2D eigenvalue weighted by Crippen LogP contribution is -2.48. The van der Waals surface area contributed by atoms with Gasteiger partial charge in [-0.1, -0.05) is 0 Å². The van der Waals surface area contributed by atoms with Crippen LogP contribution in [0.25, 0.3) is 11.2 Å². The van der Waals surface area contributed by atoms with Crippen molar-refractivity contribution in [2.75, 3.05) is 25.4 Å². The molecule has 1 fully saturated rings. The average Bonchev–Trinajstić information content (AvgIpc) is 3.00. The smallest absolute Gasteiger partial charge is 0.382 e. The lowest BCUT2D eigenvalue weighted by atomic mass is 10.0. The molecule has 3 heterocycles. The predicted octanol–water partition coefficient (Wildman–Crippen LogP) is 0.941. The number of anilines is 1. The van der Waals surface area contributed by atoms with E-state index >= 15 is 0 Å². The van der Waals surface area contributed by atoms with Crippen LogP contribution in [0.4, 0.5) is 19.0 Å². The van der Waals surface area contributed by atoms with Crippen LogP contribution in [0.2, 0.25) is 0 Å². The van der Waals surface area contributed by atoms with E-state index in [-0.39, 0.29) is 0 Å². The lowest BCUT2D eigenvalue weighted by molar-refractivity contribution is -0.174. The van der Waals surface area contributed by atoms with Crippen LogP contribution in [0.15, 0.2) is 12.7 Å². The number of carbonyl (C=O) groups is 1. The zero-order valence-electron chi connectivity index (χ0n) is 14.0. The summed E-state index contributed by atoms with van der Waals surface area (Å²) in [4.78, 5) is 25.4. The van der Waals surface area contributed by atoms with Gasteiger partial charge in [0, 0.05) is 25.7 Å². The van der Waals surface area contributed by atoms with E-state index in [1.54, 1.807) is 6.33 Å². The van der Waals surface area contributed by atoms with Gasteiger partial charge in [0.1, 0.15) is 11.8 Å². The summed E-state index contributed by atoms with van der Waals surface area (Å²) in [5.74, 6) is -1.51. The first-order valence-corrected chi connectivity index (χ1v) is 8.36. The summed E-state index contributed by atoms with van der Waals surface area (Å²) in [6, 6.07) is -0.419. The zero-order valence-corrected chi connectivity index (χ0v) is 14.0. The topological polar surface area (TPSA) is 102 Å². The van der Waals surface area contributed by atoms with Crippen LogP contribution in [0.5, 0.6) is 0 Å². The number of aryl methyl sites for hydroxylation is 1. The monoisotopic (exact) mass is 371 g/mol. The minimum absolute atomic E-state index is 0.344. The Morgan fingerprint density at radius 3 is 2.65 bits per heavy atom. The van der Waals surface area contributed by atoms with Crippen LogP contribution in [-0.4, -0.2) is 62.2 Å². The van der Waals surface area contributed by atoms with Gasteiger partial charge in [-0.3, -0.25) is 4.79 Å². The highest BCUT2D eigenvalue weighted by Gasteiger charge is 2.40. The summed E-state index contributed by atoms with van der Waals surface area (Å²) < 4.78 is 38.7. The molecule has 0 spiro atoms. The van der Waals surface area contributed by atoms with Gasteiger partial charge in [0.2, 0.25) is 0 Å². The van der Waals surface area contributed by atoms with E-state index < -0.39 is 18.1 Å². The van der Waals surface area contributed by atoms with Gasteiger partial charge in [-0.2, -0.15) is 13.2 Å². The minimum atomic E-state index is -4.82. The highest BCUT2D eigenvalue weighted by molar-refractivity contribution is 5.82. The van der Waals surface area contributed by atoms with Crippen LogP contribution in [0.3, 0.4) is 0 Å². The first-order valence-electron chi connectivity index (χ1n) is 8.36. The Kier molecular flexibility index (Phi) is 5.25. The molecule has 3 N–H and O–H groups in total. The second-order valence-electron chi connectivity index (χ2n) is 6.31. The first kappa shape index (κ1) is 18.4. The number of likely N-dealkylation sites (tertiary alicyclic amines) is 1. The molecular weight excluding hydrogens is 351 g/mol. The molecule has 3 rings (SSSR count). The number of aromatic nitrogens is 4. The molecule has 1 aliphatic heterocycles. The summed E-state index contributed by atoms with van der Waals surface area (Å²) in [5, 5.41) is 2.05. The molecule has 0 atom stereocenters. The predicted molar refractivity (Wildman–Crippen MR) is 88.0 cm³/mol. The summed E-state index contributed by atoms with van der Waals surface area (Å²) in [5.41, 5.74) is 7.02. The van der Waals surface area contributed by atoms with Gasteiger partial charge in [0.25, 0.3) is 0 Å². The molecule has 1 aliphatic rings. The number of alkyl halides is 3. The van der Waals surface area contributed by atoms with Crippen molar-refractivity contribution < 1.29 is 18.0 Å². The third-order valence-corrected chi connectivity index (χ3v) is 4.48. The van der Waals surface area contributed by atoms with Crippen molar-refractivity contribution in [1.82, 2.24) is 29.7 Å². The van der Waals surface area contributed by atoms with Crippen molar-refractivity contribution in [1.29, 1.82) is 0 Å². The van der Waals surface area contributed by atoms with Gasteiger partial charge in [-0.05, 0) is 25.8 Å². The number of nitrogens with zero attached hydrogens (tertiary/aromatic N) is 5. The number of fused-ring (bicyclic) bond motifs is 1. The van der Waals surface area contributed by atoms with Gasteiger partial charge < -0.3 is 20.5 Å². The Morgan fingerprint density at radius 1 is 1.23 bits per heavy atom. The number of rotatable bonds is 5. The number of piperidine rings is 1. The second-order valence-corrected chi connectivity index (χ2v) is 6.31. The molecule has 0 unspecified atom stereocenters. The molecule has 2 aromatic heterocycles. The van der Waals surface area contributed by atoms with Gasteiger partial charge in [0.15, 0.2) is 11.5 Å². The molecule has 0 saturated carbocycles. The van der Waals surface area contributed by atoms with E-state index in [4.69, 9.17) is 5.73 Å². The molecule has 0 radical (unpaired) electrons. The number of amides is 1. The van der Waals surface area contributed by atoms with E-state index in [0.717, 1.165) is 13.0 Å². The Morgan fingerprint density at radius 2 is 1.96 bits per heavy atom.